The average molecular weight is 224 g/mol. The summed E-state index contributed by atoms with van der Waals surface area (Å²) in [5, 5.41) is 10.4. The van der Waals surface area contributed by atoms with Crippen LogP contribution in [0.2, 0.25) is 0 Å². The largest absolute Gasteiger partial charge is 0.392 e. The summed E-state index contributed by atoms with van der Waals surface area (Å²) in [6.07, 6.45) is 6.63. The minimum absolute atomic E-state index is 0.00944. The smallest absolute Gasteiger partial charge is 0.0771 e. The maximum Gasteiger partial charge on any atom is 0.0771 e. The van der Waals surface area contributed by atoms with E-state index in [4.69, 9.17) is 4.74 Å². The van der Waals surface area contributed by atoms with Crippen LogP contribution >= 0.6 is 0 Å². The molecule has 2 nitrogen and oxygen atoms in total. The second-order valence-corrected chi connectivity index (χ2v) is 6.97. The summed E-state index contributed by atoms with van der Waals surface area (Å²) in [6, 6.07) is 0. The first-order valence-corrected chi connectivity index (χ1v) is 6.78. The average Bonchev–Trinajstić information content (AvgIpc) is 2.41. The first-order chi connectivity index (χ1) is 7.40. The van der Waals surface area contributed by atoms with Gasteiger partial charge >= 0.3 is 0 Å². The van der Waals surface area contributed by atoms with Gasteiger partial charge in [0.2, 0.25) is 0 Å². The maximum atomic E-state index is 10.4. The van der Waals surface area contributed by atoms with Crippen LogP contribution in [0.1, 0.15) is 59.3 Å². The SMILES string of the molecule is CC1(C)O[C@@]23CCC[C@H](O)[C@@]2(C)CC[C@@H]1C3. The molecule has 1 aliphatic heterocycles. The zero-order valence-corrected chi connectivity index (χ0v) is 10.8. The van der Waals surface area contributed by atoms with Gasteiger partial charge < -0.3 is 9.84 Å². The lowest BCUT2D eigenvalue weighted by Gasteiger charge is -2.54. The zero-order valence-electron chi connectivity index (χ0n) is 10.8. The summed E-state index contributed by atoms with van der Waals surface area (Å²) >= 11 is 0. The van der Waals surface area contributed by atoms with Gasteiger partial charge in [0.05, 0.1) is 17.3 Å². The van der Waals surface area contributed by atoms with Crippen LogP contribution in [0.3, 0.4) is 0 Å². The van der Waals surface area contributed by atoms with E-state index in [1.165, 1.54) is 12.8 Å². The van der Waals surface area contributed by atoms with E-state index >= 15 is 0 Å². The molecule has 0 aromatic carbocycles. The highest BCUT2D eigenvalue weighted by atomic mass is 16.5. The second kappa shape index (κ2) is 3.02. The van der Waals surface area contributed by atoms with Crippen molar-refractivity contribution in [2.75, 3.05) is 0 Å². The number of hydrogen-bond donors (Lipinski definition) is 1. The van der Waals surface area contributed by atoms with Crippen molar-refractivity contribution in [3.05, 3.63) is 0 Å². The Morgan fingerprint density at radius 1 is 1.12 bits per heavy atom. The molecule has 0 amide bonds. The minimum atomic E-state index is -0.156. The van der Waals surface area contributed by atoms with Gasteiger partial charge in [-0.05, 0) is 58.3 Å². The van der Waals surface area contributed by atoms with E-state index in [0.29, 0.717) is 5.92 Å². The highest BCUT2D eigenvalue weighted by molar-refractivity contribution is 5.14. The van der Waals surface area contributed by atoms with E-state index in [1.54, 1.807) is 0 Å². The molecule has 2 aliphatic carbocycles. The Morgan fingerprint density at radius 2 is 1.88 bits per heavy atom. The van der Waals surface area contributed by atoms with Crippen LogP contribution in [-0.2, 0) is 4.74 Å². The molecule has 2 saturated carbocycles. The van der Waals surface area contributed by atoms with Crippen LogP contribution in [0, 0.1) is 11.3 Å². The van der Waals surface area contributed by atoms with E-state index in [2.05, 4.69) is 20.8 Å². The van der Waals surface area contributed by atoms with Gasteiger partial charge in [-0.25, -0.2) is 0 Å². The van der Waals surface area contributed by atoms with E-state index < -0.39 is 0 Å². The summed E-state index contributed by atoms with van der Waals surface area (Å²) in [5.74, 6) is 0.700. The fraction of sp³-hybridized carbons (Fsp3) is 1.00. The monoisotopic (exact) mass is 224 g/mol. The molecule has 3 aliphatic rings. The van der Waals surface area contributed by atoms with Gasteiger partial charge in [0.25, 0.3) is 0 Å². The third kappa shape index (κ3) is 1.15. The Hall–Kier alpha value is -0.0800. The summed E-state index contributed by atoms with van der Waals surface area (Å²) in [7, 11) is 0. The summed E-state index contributed by atoms with van der Waals surface area (Å²) in [5.41, 5.74) is 0.0153. The molecule has 3 rings (SSSR count). The first-order valence-electron chi connectivity index (χ1n) is 6.78. The molecular weight excluding hydrogens is 200 g/mol. The molecule has 92 valence electrons. The van der Waals surface area contributed by atoms with E-state index in [9.17, 15) is 5.11 Å². The molecule has 2 bridgehead atoms. The third-order valence-corrected chi connectivity index (χ3v) is 5.86. The summed E-state index contributed by atoms with van der Waals surface area (Å²) < 4.78 is 6.48. The second-order valence-electron chi connectivity index (χ2n) is 6.97. The first kappa shape index (κ1) is 11.0. The predicted molar refractivity (Wildman–Crippen MR) is 63.2 cm³/mol. The van der Waals surface area contributed by atoms with Gasteiger partial charge in [-0.3, -0.25) is 0 Å². The van der Waals surface area contributed by atoms with Crippen molar-refractivity contribution < 1.29 is 9.84 Å². The maximum absolute atomic E-state index is 10.4. The lowest BCUT2D eigenvalue weighted by Crippen LogP contribution is -2.57. The van der Waals surface area contributed by atoms with Crippen molar-refractivity contribution in [3.8, 4) is 0 Å². The van der Waals surface area contributed by atoms with Crippen LogP contribution < -0.4 is 0 Å². The lowest BCUT2D eigenvalue weighted by atomic mass is 9.55. The van der Waals surface area contributed by atoms with Crippen molar-refractivity contribution in [2.45, 2.75) is 76.6 Å². The molecule has 4 atom stereocenters. The molecule has 2 heteroatoms. The van der Waals surface area contributed by atoms with Gasteiger partial charge in [-0.15, -0.1) is 0 Å². The number of aliphatic hydroxyl groups is 1. The van der Waals surface area contributed by atoms with Gasteiger partial charge in [0, 0.05) is 5.41 Å². The van der Waals surface area contributed by atoms with Gasteiger partial charge in [0.15, 0.2) is 0 Å². The minimum Gasteiger partial charge on any atom is -0.392 e. The van der Waals surface area contributed by atoms with Crippen molar-refractivity contribution in [1.29, 1.82) is 0 Å². The van der Waals surface area contributed by atoms with Gasteiger partial charge in [-0.1, -0.05) is 6.92 Å². The Morgan fingerprint density at radius 3 is 2.62 bits per heavy atom. The fourth-order valence-corrected chi connectivity index (χ4v) is 4.58. The molecule has 16 heavy (non-hydrogen) atoms. The molecule has 1 spiro atoms. The number of hydrogen-bond acceptors (Lipinski definition) is 2. The quantitative estimate of drug-likeness (QED) is 0.685. The van der Waals surface area contributed by atoms with E-state index in [0.717, 1.165) is 25.7 Å². The summed E-state index contributed by atoms with van der Waals surface area (Å²) in [6.45, 7) is 6.73. The molecule has 1 heterocycles. The molecule has 0 radical (unpaired) electrons. The molecular formula is C14H24O2. The fourth-order valence-electron chi connectivity index (χ4n) is 4.58. The Balaban J connectivity index is 2.02. The Labute approximate surface area is 98.4 Å². The molecule has 0 aromatic heterocycles. The summed E-state index contributed by atoms with van der Waals surface area (Å²) in [4.78, 5) is 0. The van der Waals surface area contributed by atoms with Gasteiger partial charge in [-0.2, -0.15) is 0 Å². The van der Waals surface area contributed by atoms with Crippen molar-refractivity contribution in [3.63, 3.8) is 0 Å². The molecule has 1 N–H and O–H groups in total. The Kier molecular flexibility index (Phi) is 2.09. The van der Waals surface area contributed by atoms with Crippen LogP contribution in [0.4, 0.5) is 0 Å². The number of rotatable bonds is 0. The standard InChI is InChI=1S/C14H24O2/c1-12(2)10-6-8-13(3)11(15)5-4-7-14(13,9-10)16-12/h10-11,15H,4-9H2,1-3H3/t10-,11+,13-,14-/m1/s1. The van der Waals surface area contributed by atoms with E-state index in [1.807, 2.05) is 0 Å². The normalized spacial score (nSPS) is 54.8. The molecule has 1 saturated heterocycles. The van der Waals surface area contributed by atoms with Gasteiger partial charge in [0.1, 0.15) is 0 Å². The highest BCUT2D eigenvalue weighted by Crippen LogP contribution is 2.63. The number of ether oxygens (including phenoxy) is 1. The molecule has 0 aromatic rings. The zero-order chi connectivity index (χ0) is 11.6. The van der Waals surface area contributed by atoms with Crippen LogP contribution in [0.25, 0.3) is 0 Å². The highest BCUT2D eigenvalue weighted by Gasteiger charge is 2.65. The third-order valence-electron chi connectivity index (χ3n) is 5.86. The van der Waals surface area contributed by atoms with Crippen molar-refractivity contribution in [1.82, 2.24) is 0 Å². The van der Waals surface area contributed by atoms with Crippen LogP contribution in [0.15, 0.2) is 0 Å². The van der Waals surface area contributed by atoms with Crippen LogP contribution in [0.5, 0.6) is 0 Å². The molecule has 3 fully saturated rings. The topological polar surface area (TPSA) is 29.5 Å². The lowest BCUT2D eigenvalue weighted by molar-refractivity contribution is -0.203. The predicted octanol–water partition coefficient (Wildman–Crippen LogP) is 2.89. The van der Waals surface area contributed by atoms with Crippen LogP contribution in [-0.4, -0.2) is 22.4 Å². The molecule has 0 unspecified atom stereocenters. The number of aliphatic hydroxyl groups excluding tert-OH is 1. The van der Waals surface area contributed by atoms with E-state index in [-0.39, 0.29) is 22.7 Å². The Bertz CT molecular complexity index is 312. The number of fused-ring (bicyclic) bond motifs is 1. The van der Waals surface area contributed by atoms with Crippen molar-refractivity contribution in [2.24, 2.45) is 11.3 Å². The van der Waals surface area contributed by atoms with Crippen molar-refractivity contribution >= 4 is 0 Å².